The Morgan fingerprint density at radius 2 is 1.00 bits per heavy atom. The Labute approximate surface area is 171 Å². The fourth-order valence-electron chi connectivity index (χ4n) is 2.75. The molecule has 0 amide bonds. The first kappa shape index (κ1) is 27.4. The fraction of sp³-hybridized carbons (Fsp3) is 0.684. The van der Waals surface area contributed by atoms with Crippen LogP contribution in [-0.4, -0.2) is 37.0 Å². The molecule has 0 radical (unpaired) electrons. The van der Waals surface area contributed by atoms with Gasteiger partial charge >= 0.3 is 29.9 Å². The second-order valence-electron chi connectivity index (χ2n) is 8.36. The molecule has 0 spiro atoms. The Kier molecular flexibility index (Phi) is 6.88. The predicted octanol–water partition coefficient (Wildman–Crippen LogP) is 7.34. The van der Waals surface area contributed by atoms with Crippen molar-refractivity contribution in [3.63, 3.8) is 0 Å². The molecule has 12 heteroatoms. The molecular formula is C19H21F11O. The number of rotatable bonds is 7. The molecule has 0 aromatic heterocycles. The lowest BCUT2D eigenvalue weighted by atomic mass is 9.82. The molecule has 1 aromatic rings. The van der Waals surface area contributed by atoms with Crippen LogP contribution in [0.2, 0.25) is 0 Å². The van der Waals surface area contributed by atoms with Crippen molar-refractivity contribution in [3.05, 3.63) is 35.4 Å². The highest BCUT2D eigenvalue weighted by Gasteiger charge is 2.87. The van der Waals surface area contributed by atoms with Gasteiger partial charge in [-0.15, -0.1) is 0 Å². The topological polar surface area (TPSA) is 9.23 Å². The van der Waals surface area contributed by atoms with E-state index in [1.807, 2.05) is 0 Å². The van der Waals surface area contributed by atoms with Gasteiger partial charge in [0.2, 0.25) is 0 Å². The van der Waals surface area contributed by atoms with Gasteiger partial charge in [-0.05, 0) is 23.5 Å². The summed E-state index contributed by atoms with van der Waals surface area (Å²) in [7, 11) is 0.772. The van der Waals surface area contributed by atoms with Crippen molar-refractivity contribution in [2.75, 3.05) is 7.11 Å². The lowest BCUT2D eigenvalue weighted by Crippen LogP contribution is -2.67. The van der Waals surface area contributed by atoms with Gasteiger partial charge in [0.1, 0.15) is 0 Å². The third-order valence-electron chi connectivity index (χ3n) is 4.98. The van der Waals surface area contributed by atoms with Crippen LogP contribution in [0.15, 0.2) is 24.3 Å². The van der Waals surface area contributed by atoms with Gasteiger partial charge in [-0.25, -0.2) is 0 Å². The van der Waals surface area contributed by atoms with Crippen molar-refractivity contribution in [1.82, 2.24) is 0 Å². The zero-order chi connectivity index (χ0) is 24.9. The van der Waals surface area contributed by atoms with Gasteiger partial charge in [0.05, 0.1) is 12.0 Å². The Bertz CT molecular complexity index is 761. The van der Waals surface area contributed by atoms with Crippen molar-refractivity contribution in [1.29, 1.82) is 0 Å². The van der Waals surface area contributed by atoms with E-state index in [4.69, 9.17) is 4.74 Å². The highest BCUT2D eigenvalue weighted by Crippen LogP contribution is 2.59. The molecule has 1 rings (SSSR count). The van der Waals surface area contributed by atoms with Crippen LogP contribution in [0, 0.1) is 0 Å². The molecule has 0 aliphatic carbocycles. The molecule has 1 atom stereocenters. The lowest BCUT2D eigenvalue weighted by Gasteiger charge is -2.40. The van der Waals surface area contributed by atoms with Crippen LogP contribution < -0.4 is 0 Å². The van der Waals surface area contributed by atoms with Crippen molar-refractivity contribution >= 4 is 0 Å². The van der Waals surface area contributed by atoms with E-state index >= 15 is 0 Å². The smallest absolute Gasteiger partial charge is 0.374 e. The number of hydrogen-bond acceptors (Lipinski definition) is 1. The molecule has 0 bridgehead atoms. The predicted molar refractivity (Wildman–Crippen MR) is 90.0 cm³/mol. The van der Waals surface area contributed by atoms with Crippen LogP contribution in [-0.2, 0) is 15.8 Å². The Morgan fingerprint density at radius 3 is 1.32 bits per heavy atom. The van der Waals surface area contributed by atoms with Crippen LogP contribution in [0.1, 0.15) is 45.2 Å². The molecule has 0 heterocycles. The SMILES string of the molecule is COC(C)(CC(F)(F)C(F)(F)C(F)(F)C(F)(F)C(F)(F)F)c1ccc(C(C)(C)C)cc1. The van der Waals surface area contributed by atoms with E-state index in [0.717, 1.165) is 14.0 Å². The maximum atomic E-state index is 14.2. The minimum absolute atomic E-state index is 0.204. The third-order valence-corrected chi connectivity index (χ3v) is 4.98. The maximum absolute atomic E-state index is 14.2. The van der Waals surface area contributed by atoms with E-state index < -0.39 is 47.3 Å². The highest BCUT2D eigenvalue weighted by atomic mass is 19.4. The van der Waals surface area contributed by atoms with E-state index in [-0.39, 0.29) is 5.56 Å². The highest BCUT2D eigenvalue weighted by molar-refractivity contribution is 5.31. The minimum Gasteiger partial charge on any atom is -0.374 e. The molecule has 180 valence electrons. The number of alkyl halides is 11. The van der Waals surface area contributed by atoms with Gasteiger partial charge in [0, 0.05) is 7.11 Å². The second kappa shape index (κ2) is 7.77. The molecule has 1 aromatic carbocycles. The Hall–Kier alpha value is -1.59. The summed E-state index contributed by atoms with van der Waals surface area (Å²) in [5.41, 5.74) is -2.34. The van der Waals surface area contributed by atoms with Crippen molar-refractivity contribution in [2.24, 2.45) is 0 Å². The van der Waals surface area contributed by atoms with E-state index in [2.05, 4.69) is 0 Å². The van der Waals surface area contributed by atoms with Crippen molar-refractivity contribution in [2.45, 2.75) is 75.0 Å². The monoisotopic (exact) mass is 474 g/mol. The molecule has 31 heavy (non-hydrogen) atoms. The summed E-state index contributed by atoms with van der Waals surface area (Å²) in [5.74, 6) is -27.9. The summed E-state index contributed by atoms with van der Waals surface area (Å²) in [6.45, 7) is 6.20. The second-order valence-corrected chi connectivity index (χ2v) is 8.36. The standard InChI is InChI=1S/C19H21F11O/c1-13(2,3)11-6-8-12(9-7-11)14(4,31-5)10-15(20,21)16(22,23)17(24,25)18(26,27)19(28,29)30/h6-9H,10H2,1-5H3. The number of hydrogen-bond donors (Lipinski definition) is 0. The first-order valence-corrected chi connectivity index (χ1v) is 8.72. The van der Waals surface area contributed by atoms with Gasteiger partial charge < -0.3 is 4.74 Å². The lowest BCUT2D eigenvalue weighted by molar-refractivity contribution is -0.424. The van der Waals surface area contributed by atoms with Crippen LogP contribution in [0.3, 0.4) is 0 Å². The van der Waals surface area contributed by atoms with Crippen molar-refractivity contribution < 1.29 is 53.0 Å². The van der Waals surface area contributed by atoms with Crippen LogP contribution in [0.25, 0.3) is 0 Å². The Morgan fingerprint density at radius 1 is 0.613 bits per heavy atom. The third kappa shape index (κ3) is 4.63. The van der Waals surface area contributed by atoms with Gasteiger partial charge in [0.25, 0.3) is 0 Å². The first-order chi connectivity index (χ1) is 13.5. The van der Waals surface area contributed by atoms with Gasteiger partial charge in [-0.3, -0.25) is 0 Å². The molecule has 0 saturated heterocycles. The molecule has 0 saturated carbocycles. The summed E-state index contributed by atoms with van der Waals surface area (Å²) in [6.07, 6.45) is -9.49. The summed E-state index contributed by atoms with van der Waals surface area (Å²) in [4.78, 5) is 0. The number of benzene rings is 1. The van der Waals surface area contributed by atoms with Crippen LogP contribution in [0.4, 0.5) is 48.3 Å². The van der Waals surface area contributed by atoms with Gasteiger partial charge in [-0.2, -0.15) is 48.3 Å². The summed E-state index contributed by atoms with van der Waals surface area (Å²) >= 11 is 0. The minimum atomic E-state index is -7.44. The van der Waals surface area contributed by atoms with E-state index in [1.165, 1.54) is 24.3 Å². The number of halogens is 11. The number of ether oxygens (including phenoxy) is 1. The molecule has 0 aliphatic heterocycles. The summed E-state index contributed by atoms with van der Waals surface area (Å²) < 4.78 is 151. The first-order valence-electron chi connectivity index (χ1n) is 8.72. The quantitative estimate of drug-likeness (QED) is 0.376. The maximum Gasteiger partial charge on any atom is 0.460 e. The average Bonchev–Trinajstić information content (AvgIpc) is 2.59. The average molecular weight is 474 g/mol. The van der Waals surface area contributed by atoms with E-state index in [1.54, 1.807) is 20.8 Å². The van der Waals surface area contributed by atoms with Gasteiger partial charge in [0.15, 0.2) is 0 Å². The van der Waals surface area contributed by atoms with Crippen LogP contribution in [0.5, 0.6) is 0 Å². The molecular weight excluding hydrogens is 453 g/mol. The van der Waals surface area contributed by atoms with Crippen molar-refractivity contribution in [3.8, 4) is 0 Å². The molecule has 1 nitrogen and oxygen atoms in total. The molecule has 1 unspecified atom stereocenters. The molecule has 0 fully saturated rings. The summed E-state index contributed by atoms with van der Waals surface area (Å²) in [5, 5.41) is 0. The molecule has 0 aliphatic rings. The Balaban J connectivity index is 3.42. The van der Waals surface area contributed by atoms with E-state index in [9.17, 15) is 48.3 Å². The van der Waals surface area contributed by atoms with Gasteiger partial charge in [-0.1, -0.05) is 45.0 Å². The summed E-state index contributed by atoms with van der Waals surface area (Å²) in [6, 6.07) is 5.21. The normalized spacial score (nSPS) is 16.9. The van der Waals surface area contributed by atoms with E-state index in [0.29, 0.717) is 5.56 Å². The zero-order valence-corrected chi connectivity index (χ0v) is 17.1. The van der Waals surface area contributed by atoms with Crippen LogP contribution >= 0.6 is 0 Å². The zero-order valence-electron chi connectivity index (χ0n) is 17.1. The fourth-order valence-corrected chi connectivity index (χ4v) is 2.75. The largest absolute Gasteiger partial charge is 0.460 e. The molecule has 0 N–H and O–H groups in total. The number of methoxy groups -OCH3 is 1.